The van der Waals surface area contributed by atoms with Crippen LogP contribution in [-0.4, -0.2) is 37.7 Å². The highest BCUT2D eigenvalue weighted by Crippen LogP contribution is 2.32. The van der Waals surface area contributed by atoms with Crippen LogP contribution in [0.15, 0.2) is 42.5 Å². The minimum absolute atomic E-state index is 0.0889. The lowest BCUT2D eigenvalue weighted by Gasteiger charge is -2.24. The highest BCUT2D eigenvalue weighted by Gasteiger charge is 2.33. The van der Waals surface area contributed by atoms with Crippen molar-refractivity contribution < 1.29 is 23.4 Å². The molecule has 0 spiro atoms. The fraction of sp³-hybridized carbons (Fsp3) is 0.350. The highest BCUT2D eigenvalue weighted by molar-refractivity contribution is 5.78. The van der Waals surface area contributed by atoms with E-state index >= 15 is 0 Å². The van der Waals surface area contributed by atoms with Crippen molar-refractivity contribution in [2.45, 2.75) is 25.4 Å². The fourth-order valence-electron chi connectivity index (χ4n) is 2.75. The molecule has 1 aliphatic rings. The Morgan fingerprint density at radius 1 is 1.08 bits per heavy atom. The number of carbonyl (C=O) groups excluding carboxylic acids is 1. The van der Waals surface area contributed by atoms with E-state index in [4.69, 9.17) is 14.2 Å². The summed E-state index contributed by atoms with van der Waals surface area (Å²) >= 11 is 0. The van der Waals surface area contributed by atoms with Crippen LogP contribution in [0.25, 0.3) is 0 Å². The summed E-state index contributed by atoms with van der Waals surface area (Å²) in [4.78, 5) is 14.5. The molecule has 6 heteroatoms. The summed E-state index contributed by atoms with van der Waals surface area (Å²) in [5, 5.41) is 0. The van der Waals surface area contributed by atoms with Crippen LogP contribution < -0.4 is 14.2 Å². The standard InChI is InChI=1S/C20H22FNO4/c1-24-18-9-10-19(25-2)14(11-18)12-22(16-5-6-16)20(23)13-26-17-7-3-15(21)4-8-17/h3-4,7-11,16H,5-6,12-13H2,1-2H3. The average molecular weight is 359 g/mol. The lowest BCUT2D eigenvalue weighted by atomic mass is 10.1. The Hall–Kier alpha value is -2.76. The Labute approximate surface area is 152 Å². The van der Waals surface area contributed by atoms with E-state index in [9.17, 15) is 9.18 Å². The quantitative estimate of drug-likeness (QED) is 0.725. The summed E-state index contributed by atoms with van der Waals surface area (Å²) in [6.45, 7) is 0.338. The van der Waals surface area contributed by atoms with Gasteiger partial charge in [-0.15, -0.1) is 0 Å². The van der Waals surface area contributed by atoms with Gasteiger partial charge in [-0.25, -0.2) is 4.39 Å². The predicted octanol–water partition coefficient (Wildman–Crippen LogP) is 3.41. The number of benzene rings is 2. The summed E-state index contributed by atoms with van der Waals surface area (Å²) in [7, 11) is 3.21. The van der Waals surface area contributed by atoms with E-state index in [1.54, 1.807) is 19.1 Å². The highest BCUT2D eigenvalue weighted by atomic mass is 19.1. The third-order valence-electron chi connectivity index (χ3n) is 4.31. The van der Waals surface area contributed by atoms with Crippen molar-refractivity contribution in [1.29, 1.82) is 0 Å². The molecule has 2 aromatic rings. The molecule has 2 aromatic carbocycles. The normalized spacial score (nSPS) is 13.2. The Bertz CT molecular complexity index is 759. The summed E-state index contributed by atoms with van der Waals surface area (Å²) in [6.07, 6.45) is 1.96. The Morgan fingerprint density at radius 3 is 2.38 bits per heavy atom. The van der Waals surface area contributed by atoms with Crippen LogP contribution in [-0.2, 0) is 11.3 Å². The second-order valence-electron chi connectivity index (χ2n) is 6.17. The van der Waals surface area contributed by atoms with Gasteiger partial charge >= 0.3 is 0 Å². The van der Waals surface area contributed by atoms with Gasteiger partial charge in [0.1, 0.15) is 23.1 Å². The number of carbonyl (C=O) groups is 1. The van der Waals surface area contributed by atoms with E-state index in [1.807, 2.05) is 18.2 Å². The number of hydrogen-bond acceptors (Lipinski definition) is 4. The lowest BCUT2D eigenvalue weighted by molar-refractivity contribution is -0.134. The molecule has 138 valence electrons. The Balaban J connectivity index is 1.69. The molecule has 1 amide bonds. The molecule has 0 saturated heterocycles. The van der Waals surface area contributed by atoms with Gasteiger partial charge in [-0.1, -0.05) is 0 Å². The zero-order valence-corrected chi connectivity index (χ0v) is 14.9. The van der Waals surface area contributed by atoms with Crippen molar-refractivity contribution in [2.24, 2.45) is 0 Å². The summed E-state index contributed by atoms with van der Waals surface area (Å²) < 4.78 is 29.1. The van der Waals surface area contributed by atoms with Crippen LogP contribution in [0.4, 0.5) is 4.39 Å². The van der Waals surface area contributed by atoms with Gasteiger partial charge in [0, 0.05) is 18.2 Å². The fourth-order valence-corrected chi connectivity index (χ4v) is 2.75. The lowest BCUT2D eigenvalue weighted by Crippen LogP contribution is -2.36. The van der Waals surface area contributed by atoms with E-state index in [0.717, 1.165) is 18.4 Å². The molecule has 0 atom stereocenters. The summed E-state index contributed by atoms with van der Waals surface area (Å²) in [5.74, 6) is 1.44. The number of halogens is 1. The number of nitrogens with zero attached hydrogens (tertiary/aromatic N) is 1. The van der Waals surface area contributed by atoms with Gasteiger partial charge < -0.3 is 19.1 Å². The maximum atomic E-state index is 13.0. The third-order valence-corrected chi connectivity index (χ3v) is 4.31. The van der Waals surface area contributed by atoms with Gasteiger partial charge in [-0.05, 0) is 55.3 Å². The molecule has 1 saturated carbocycles. The molecule has 0 aromatic heterocycles. The molecule has 0 bridgehead atoms. The van der Waals surface area contributed by atoms with Gasteiger partial charge in [-0.2, -0.15) is 0 Å². The molecule has 1 fully saturated rings. The third kappa shape index (κ3) is 4.45. The van der Waals surface area contributed by atoms with Crippen molar-refractivity contribution in [1.82, 2.24) is 4.90 Å². The topological polar surface area (TPSA) is 48.0 Å². The minimum atomic E-state index is -0.339. The molecule has 0 unspecified atom stereocenters. The summed E-state index contributed by atoms with van der Waals surface area (Å²) in [6, 6.07) is 11.4. The zero-order valence-electron chi connectivity index (χ0n) is 14.9. The first-order valence-corrected chi connectivity index (χ1v) is 8.49. The van der Waals surface area contributed by atoms with E-state index in [1.165, 1.54) is 24.3 Å². The van der Waals surface area contributed by atoms with Crippen LogP contribution in [0.2, 0.25) is 0 Å². The molecule has 3 rings (SSSR count). The monoisotopic (exact) mass is 359 g/mol. The Morgan fingerprint density at radius 2 is 1.77 bits per heavy atom. The van der Waals surface area contributed by atoms with Gasteiger partial charge in [0.15, 0.2) is 6.61 Å². The van der Waals surface area contributed by atoms with E-state index < -0.39 is 0 Å². The predicted molar refractivity (Wildman–Crippen MR) is 95.0 cm³/mol. The van der Waals surface area contributed by atoms with Crippen molar-refractivity contribution in [3.63, 3.8) is 0 Å². The van der Waals surface area contributed by atoms with Gasteiger partial charge in [0.25, 0.3) is 5.91 Å². The SMILES string of the molecule is COc1ccc(OC)c(CN(C(=O)COc2ccc(F)cc2)C2CC2)c1. The van der Waals surface area contributed by atoms with Crippen LogP contribution in [0.3, 0.4) is 0 Å². The zero-order chi connectivity index (χ0) is 18.5. The largest absolute Gasteiger partial charge is 0.497 e. The number of methoxy groups -OCH3 is 2. The molecule has 0 N–H and O–H groups in total. The number of rotatable bonds is 8. The first-order valence-electron chi connectivity index (χ1n) is 8.49. The summed E-state index contributed by atoms with van der Waals surface area (Å²) in [5.41, 5.74) is 0.883. The van der Waals surface area contributed by atoms with Gasteiger partial charge in [-0.3, -0.25) is 4.79 Å². The van der Waals surface area contributed by atoms with Crippen molar-refractivity contribution >= 4 is 5.91 Å². The first kappa shape index (κ1) is 18.0. The second kappa shape index (κ2) is 8.08. The molecular formula is C20H22FNO4. The number of hydrogen-bond donors (Lipinski definition) is 0. The number of ether oxygens (including phenoxy) is 3. The van der Waals surface area contributed by atoms with E-state index in [0.29, 0.717) is 23.8 Å². The second-order valence-corrected chi connectivity index (χ2v) is 6.17. The maximum Gasteiger partial charge on any atom is 0.261 e. The van der Waals surface area contributed by atoms with Crippen LogP contribution >= 0.6 is 0 Å². The van der Waals surface area contributed by atoms with Crippen LogP contribution in [0, 0.1) is 5.82 Å². The number of amides is 1. The first-order chi connectivity index (χ1) is 12.6. The maximum absolute atomic E-state index is 13.0. The van der Waals surface area contributed by atoms with Gasteiger partial charge in [0.05, 0.1) is 14.2 Å². The van der Waals surface area contributed by atoms with Crippen LogP contribution in [0.5, 0.6) is 17.2 Å². The molecule has 26 heavy (non-hydrogen) atoms. The average Bonchev–Trinajstić information content (AvgIpc) is 3.50. The molecular weight excluding hydrogens is 337 g/mol. The van der Waals surface area contributed by atoms with Crippen molar-refractivity contribution in [2.75, 3.05) is 20.8 Å². The minimum Gasteiger partial charge on any atom is -0.497 e. The van der Waals surface area contributed by atoms with E-state index in [-0.39, 0.29) is 24.4 Å². The van der Waals surface area contributed by atoms with E-state index in [2.05, 4.69) is 0 Å². The molecule has 1 aliphatic carbocycles. The Kier molecular flexibility index (Phi) is 5.61. The molecule has 5 nitrogen and oxygen atoms in total. The van der Waals surface area contributed by atoms with Crippen LogP contribution in [0.1, 0.15) is 18.4 Å². The molecule has 0 aliphatic heterocycles. The molecule has 0 heterocycles. The smallest absolute Gasteiger partial charge is 0.261 e. The van der Waals surface area contributed by atoms with Crippen molar-refractivity contribution in [3.8, 4) is 17.2 Å². The molecule has 0 radical (unpaired) electrons. The van der Waals surface area contributed by atoms with Crippen molar-refractivity contribution in [3.05, 3.63) is 53.8 Å². The van der Waals surface area contributed by atoms with Gasteiger partial charge in [0.2, 0.25) is 0 Å².